The van der Waals surface area contributed by atoms with Gasteiger partial charge < -0.3 is 0 Å². The normalized spacial score (nSPS) is 8.83. The molecule has 3 rings (SSSR count). The van der Waals surface area contributed by atoms with Crippen molar-refractivity contribution >= 4 is 34.0 Å². The van der Waals surface area contributed by atoms with E-state index in [-0.39, 0.29) is 0 Å². The van der Waals surface area contributed by atoms with Crippen molar-refractivity contribution in [1.82, 2.24) is 9.97 Å². The van der Waals surface area contributed by atoms with Gasteiger partial charge in [-0.15, -0.1) is 34.0 Å². The maximum absolute atomic E-state index is 3.94. The van der Waals surface area contributed by atoms with Gasteiger partial charge in [-0.1, -0.05) is 6.07 Å². The topological polar surface area (TPSA) is 25.8 Å². The van der Waals surface area contributed by atoms with Crippen molar-refractivity contribution in [2.45, 2.75) is 20.8 Å². The summed E-state index contributed by atoms with van der Waals surface area (Å²) >= 11 is 5.03. The summed E-state index contributed by atoms with van der Waals surface area (Å²) in [5, 5.41) is 6.11. The molecule has 0 amide bonds. The van der Waals surface area contributed by atoms with Crippen molar-refractivity contribution in [1.29, 1.82) is 0 Å². The van der Waals surface area contributed by atoms with Crippen LogP contribution in [0.1, 0.15) is 16.3 Å². The first-order chi connectivity index (χ1) is 8.68. The summed E-state index contributed by atoms with van der Waals surface area (Å²) in [5.74, 6) is 0. The van der Waals surface area contributed by atoms with E-state index in [0.717, 1.165) is 11.4 Å². The van der Waals surface area contributed by atoms with E-state index < -0.39 is 0 Å². The maximum atomic E-state index is 3.94. The van der Waals surface area contributed by atoms with E-state index in [1.165, 1.54) is 4.88 Å². The van der Waals surface area contributed by atoms with Gasteiger partial charge in [0.05, 0.1) is 11.0 Å². The van der Waals surface area contributed by atoms with Crippen molar-refractivity contribution < 1.29 is 0 Å². The third-order valence-corrected chi connectivity index (χ3v) is 3.98. The summed E-state index contributed by atoms with van der Waals surface area (Å²) in [6.07, 6.45) is 0. The summed E-state index contributed by atoms with van der Waals surface area (Å²) in [6.45, 7) is 6.07. The van der Waals surface area contributed by atoms with Gasteiger partial charge in [-0.05, 0) is 32.2 Å². The minimum Gasteiger partial charge on any atom is -0.250 e. The number of aromatic nitrogens is 2. The monoisotopic (exact) mass is 296 g/mol. The molecule has 2 nitrogen and oxygen atoms in total. The molecule has 0 spiro atoms. The molecular weight excluding hydrogens is 280 g/mol. The maximum Gasteiger partial charge on any atom is 0.0794 e. The zero-order valence-corrected chi connectivity index (χ0v) is 13.1. The van der Waals surface area contributed by atoms with Crippen molar-refractivity contribution in [2.24, 2.45) is 0 Å². The second kappa shape index (κ2) is 8.97. The molecule has 0 fully saturated rings. The lowest BCUT2D eigenvalue weighted by molar-refractivity contribution is 1.27. The second-order valence-corrected chi connectivity index (χ2v) is 6.07. The van der Waals surface area contributed by atoms with E-state index in [9.17, 15) is 0 Å². The van der Waals surface area contributed by atoms with Gasteiger partial charge >= 0.3 is 0 Å². The van der Waals surface area contributed by atoms with Crippen LogP contribution in [0.5, 0.6) is 0 Å². The summed E-state index contributed by atoms with van der Waals surface area (Å²) in [6, 6.07) is 4.16. The third-order valence-electron chi connectivity index (χ3n) is 1.78. The lowest BCUT2D eigenvalue weighted by atomic mass is 10.5. The lowest BCUT2D eigenvalue weighted by Crippen LogP contribution is -1.59. The van der Waals surface area contributed by atoms with Gasteiger partial charge in [0.1, 0.15) is 0 Å². The number of thiazole rings is 2. The minimum absolute atomic E-state index is 1.11. The number of hydrogen-bond donors (Lipinski definition) is 0. The fraction of sp³-hybridized carbons (Fsp3) is 0.231. The van der Waals surface area contributed by atoms with E-state index >= 15 is 0 Å². The van der Waals surface area contributed by atoms with Gasteiger partial charge in [0, 0.05) is 27.0 Å². The van der Waals surface area contributed by atoms with Crippen LogP contribution in [0.3, 0.4) is 0 Å². The molecule has 0 aliphatic carbocycles. The van der Waals surface area contributed by atoms with Gasteiger partial charge in [-0.2, -0.15) is 0 Å². The predicted molar refractivity (Wildman–Crippen MR) is 82.8 cm³/mol. The Morgan fingerprint density at radius 1 is 0.889 bits per heavy atom. The molecule has 0 unspecified atom stereocenters. The van der Waals surface area contributed by atoms with Crippen LogP contribution in [0.15, 0.2) is 39.3 Å². The third kappa shape index (κ3) is 7.32. The zero-order chi connectivity index (χ0) is 13.2. The molecule has 0 saturated carbocycles. The zero-order valence-electron chi connectivity index (χ0n) is 10.7. The SMILES string of the molecule is Cc1cccs1.Cc1cscn1.Cc1cscn1. The van der Waals surface area contributed by atoms with Gasteiger partial charge in [0.25, 0.3) is 0 Å². The number of hydrogen-bond acceptors (Lipinski definition) is 5. The number of thiophene rings is 1. The lowest BCUT2D eigenvalue weighted by Gasteiger charge is -1.65. The molecule has 0 bridgehead atoms. The minimum atomic E-state index is 1.11. The molecule has 0 aliphatic rings. The first-order valence-corrected chi connectivity index (χ1v) is 8.14. The quantitative estimate of drug-likeness (QED) is 0.586. The van der Waals surface area contributed by atoms with Crippen molar-refractivity contribution in [3.8, 4) is 0 Å². The molecule has 0 atom stereocenters. The first-order valence-electron chi connectivity index (χ1n) is 5.38. The summed E-state index contributed by atoms with van der Waals surface area (Å²) < 4.78 is 0. The Hall–Kier alpha value is -1.04. The second-order valence-electron chi connectivity index (χ2n) is 3.48. The fourth-order valence-electron chi connectivity index (χ4n) is 0.906. The molecule has 0 aromatic carbocycles. The molecule has 5 heteroatoms. The highest BCUT2D eigenvalue weighted by molar-refractivity contribution is 7.09. The Morgan fingerprint density at radius 2 is 1.44 bits per heavy atom. The highest BCUT2D eigenvalue weighted by atomic mass is 32.1. The largest absolute Gasteiger partial charge is 0.250 e. The molecular formula is C13H16N2S3. The average molecular weight is 296 g/mol. The average Bonchev–Trinajstić information content (AvgIpc) is 3.05. The van der Waals surface area contributed by atoms with Crippen molar-refractivity contribution in [3.63, 3.8) is 0 Å². The van der Waals surface area contributed by atoms with Crippen LogP contribution in [-0.2, 0) is 0 Å². The highest BCUT2D eigenvalue weighted by Gasteiger charge is 1.76. The smallest absolute Gasteiger partial charge is 0.0794 e. The van der Waals surface area contributed by atoms with Gasteiger partial charge in [-0.25, -0.2) is 0 Å². The van der Waals surface area contributed by atoms with Crippen molar-refractivity contribution in [3.05, 3.63) is 55.6 Å². The molecule has 96 valence electrons. The standard InChI is InChI=1S/C5H6S.2C4H5NS/c1-5-3-2-4-6-5;2*1-4-2-6-3-5-4/h2-4H,1H3;2*2-3H,1H3. The van der Waals surface area contributed by atoms with Crippen LogP contribution in [-0.4, -0.2) is 9.97 Å². The van der Waals surface area contributed by atoms with E-state index in [1.54, 1.807) is 34.0 Å². The van der Waals surface area contributed by atoms with Crippen LogP contribution < -0.4 is 0 Å². The molecule has 0 aliphatic heterocycles. The van der Waals surface area contributed by atoms with Crippen LogP contribution >= 0.6 is 34.0 Å². The molecule has 0 saturated heterocycles. The molecule has 0 N–H and O–H groups in total. The molecule has 3 aromatic rings. The Kier molecular flexibility index (Phi) is 7.48. The Balaban J connectivity index is 0.000000135. The fourth-order valence-corrected chi connectivity index (χ4v) is 2.53. The number of nitrogens with zero attached hydrogens (tertiary/aromatic N) is 2. The Bertz CT molecular complexity index is 408. The van der Waals surface area contributed by atoms with E-state index in [4.69, 9.17) is 0 Å². The van der Waals surface area contributed by atoms with E-state index in [1.807, 2.05) is 35.6 Å². The van der Waals surface area contributed by atoms with Gasteiger partial charge in [0.2, 0.25) is 0 Å². The predicted octanol–water partition coefficient (Wildman–Crippen LogP) is 4.96. The summed E-state index contributed by atoms with van der Waals surface area (Å²) in [7, 11) is 0. The molecule has 3 aromatic heterocycles. The van der Waals surface area contributed by atoms with Gasteiger partial charge in [0.15, 0.2) is 0 Å². The van der Waals surface area contributed by atoms with Crippen LogP contribution in [0.25, 0.3) is 0 Å². The van der Waals surface area contributed by atoms with E-state index in [0.29, 0.717) is 0 Å². The molecule has 3 heterocycles. The van der Waals surface area contributed by atoms with E-state index in [2.05, 4.69) is 34.4 Å². The number of aryl methyl sites for hydroxylation is 3. The van der Waals surface area contributed by atoms with Crippen LogP contribution in [0.4, 0.5) is 0 Å². The number of rotatable bonds is 0. The first kappa shape index (κ1) is 15.0. The van der Waals surface area contributed by atoms with Crippen LogP contribution in [0, 0.1) is 20.8 Å². The molecule has 0 radical (unpaired) electrons. The summed E-state index contributed by atoms with van der Waals surface area (Å²) in [5.41, 5.74) is 5.88. The van der Waals surface area contributed by atoms with Crippen molar-refractivity contribution in [2.75, 3.05) is 0 Å². The Morgan fingerprint density at radius 3 is 1.56 bits per heavy atom. The summed E-state index contributed by atoms with van der Waals surface area (Å²) in [4.78, 5) is 9.25. The van der Waals surface area contributed by atoms with Crippen LogP contribution in [0.2, 0.25) is 0 Å². The highest BCUT2D eigenvalue weighted by Crippen LogP contribution is 2.03. The molecule has 18 heavy (non-hydrogen) atoms. The Labute approximate surface area is 120 Å². The van der Waals surface area contributed by atoms with Gasteiger partial charge in [-0.3, -0.25) is 9.97 Å².